The van der Waals surface area contributed by atoms with Gasteiger partial charge in [0.1, 0.15) is 27.9 Å². The van der Waals surface area contributed by atoms with Crippen LogP contribution in [0.5, 0.6) is 11.5 Å². The molecule has 0 aliphatic carbocycles. The van der Waals surface area contributed by atoms with Crippen molar-refractivity contribution in [1.82, 2.24) is 20.2 Å². The second-order valence-electron chi connectivity index (χ2n) is 10.0. The van der Waals surface area contributed by atoms with Gasteiger partial charge in [-0.2, -0.15) is 0 Å². The van der Waals surface area contributed by atoms with Crippen molar-refractivity contribution < 1.29 is 19.1 Å². The first-order valence-corrected chi connectivity index (χ1v) is 15.1. The van der Waals surface area contributed by atoms with Crippen molar-refractivity contribution in [2.75, 3.05) is 55.9 Å². The smallest absolute Gasteiger partial charge is 0.317 e. The number of urea groups is 1. The molecule has 0 unspecified atom stereocenters. The average molecular weight is 645 g/mol. The SMILES string of the molecule is COc1cc(OC)c(Cl)c(NC(=O)c2csc3c(Nc4ccc(N5CCN(C(=O)NC(C)C)CC5)cc4)ncnc23)c1Cl. The molecule has 1 aliphatic rings. The van der Waals surface area contributed by atoms with Crippen molar-refractivity contribution in [2.24, 2.45) is 0 Å². The summed E-state index contributed by atoms with van der Waals surface area (Å²) < 4.78 is 11.3. The van der Waals surface area contributed by atoms with Crippen molar-refractivity contribution in [1.29, 1.82) is 0 Å². The first-order chi connectivity index (χ1) is 20.7. The number of amides is 3. The fraction of sp³-hybridized carbons (Fsp3) is 0.310. The normalized spacial score (nSPS) is 13.3. The molecule has 3 amide bonds. The number of aromatic nitrogens is 2. The lowest BCUT2D eigenvalue weighted by Crippen LogP contribution is -2.52. The van der Waals surface area contributed by atoms with Crippen LogP contribution in [-0.4, -0.2) is 73.2 Å². The van der Waals surface area contributed by atoms with Crippen LogP contribution in [0.3, 0.4) is 0 Å². The van der Waals surface area contributed by atoms with Crippen LogP contribution in [0.1, 0.15) is 24.2 Å². The van der Waals surface area contributed by atoms with E-state index in [1.54, 1.807) is 11.4 Å². The number of nitrogens with zero attached hydrogens (tertiary/aromatic N) is 4. The molecule has 0 bridgehead atoms. The van der Waals surface area contributed by atoms with Gasteiger partial charge >= 0.3 is 6.03 Å². The fourth-order valence-electron chi connectivity index (χ4n) is 4.68. The average Bonchev–Trinajstić information content (AvgIpc) is 3.45. The van der Waals surface area contributed by atoms with E-state index in [1.165, 1.54) is 31.9 Å². The highest BCUT2D eigenvalue weighted by Gasteiger charge is 2.24. The third-order valence-corrected chi connectivity index (χ3v) is 8.61. The molecule has 1 saturated heterocycles. The minimum atomic E-state index is -0.443. The molecule has 3 N–H and O–H groups in total. The van der Waals surface area contributed by atoms with Crippen molar-refractivity contribution >= 4 is 79.6 Å². The Labute approximate surface area is 263 Å². The molecule has 2 aromatic carbocycles. The third-order valence-electron chi connectivity index (χ3n) is 6.88. The van der Waals surface area contributed by atoms with Gasteiger partial charge in [0.2, 0.25) is 0 Å². The second kappa shape index (κ2) is 13.1. The minimum absolute atomic E-state index is 0.0206. The summed E-state index contributed by atoms with van der Waals surface area (Å²) >= 11 is 14.2. The van der Waals surface area contributed by atoms with Gasteiger partial charge < -0.3 is 35.2 Å². The molecule has 0 saturated carbocycles. The number of benzene rings is 2. The monoisotopic (exact) mass is 643 g/mol. The maximum Gasteiger partial charge on any atom is 0.317 e. The summed E-state index contributed by atoms with van der Waals surface area (Å²) in [5, 5.41) is 11.1. The van der Waals surface area contributed by atoms with Gasteiger partial charge in [0, 0.05) is 55.0 Å². The number of ether oxygens (including phenoxy) is 2. The summed E-state index contributed by atoms with van der Waals surface area (Å²) in [5.74, 6) is 0.751. The van der Waals surface area contributed by atoms with Crippen LogP contribution in [0.2, 0.25) is 10.0 Å². The summed E-state index contributed by atoms with van der Waals surface area (Å²) in [6, 6.07) is 9.66. The zero-order valence-corrected chi connectivity index (χ0v) is 26.4. The van der Waals surface area contributed by atoms with E-state index >= 15 is 0 Å². The van der Waals surface area contributed by atoms with Gasteiger partial charge in [-0.1, -0.05) is 23.2 Å². The zero-order valence-electron chi connectivity index (χ0n) is 24.0. The quantitative estimate of drug-likeness (QED) is 0.206. The predicted molar refractivity (Wildman–Crippen MR) is 172 cm³/mol. The summed E-state index contributed by atoms with van der Waals surface area (Å²) in [6.45, 7) is 6.75. The van der Waals surface area contributed by atoms with Crippen LogP contribution in [0.4, 0.5) is 27.7 Å². The zero-order chi connectivity index (χ0) is 30.7. The molecule has 14 heteroatoms. The number of halogens is 2. The van der Waals surface area contributed by atoms with Crippen LogP contribution in [0, 0.1) is 0 Å². The summed E-state index contributed by atoms with van der Waals surface area (Å²) in [7, 11) is 2.92. The Bertz CT molecular complexity index is 1610. The Balaban J connectivity index is 1.29. The minimum Gasteiger partial charge on any atom is -0.495 e. The van der Waals surface area contributed by atoms with Crippen LogP contribution in [0.15, 0.2) is 42.0 Å². The van der Waals surface area contributed by atoms with E-state index in [9.17, 15) is 9.59 Å². The molecule has 4 aromatic rings. The number of fused-ring (bicyclic) bond motifs is 1. The van der Waals surface area contributed by atoms with Crippen LogP contribution in [0.25, 0.3) is 10.2 Å². The van der Waals surface area contributed by atoms with Crippen molar-refractivity contribution in [3.05, 3.63) is 57.6 Å². The Kier molecular flexibility index (Phi) is 9.28. The number of thiophene rings is 1. The van der Waals surface area contributed by atoms with Gasteiger partial charge in [0.15, 0.2) is 5.82 Å². The maximum atomic E-state index is 13.3. The van der Waals surface area contributed by atoms with E-state index in [-0.39, 0.29) is 27.8 Å². The molecule has 0 radical (unpaired) electrons. The molecule has 1 fully saturated rings. The van der Waals surface area contributed by atoms with E-state index in [1.807, 2.05) is 43.0 Å². The van der Waals surface area contributed by atoms with Crippen molar-refractivity contribution in [3.8, 4) is 11.5 Å². The number of methoxy groups -OCH3 is 2. The largest absolute Gasteiger partial charge is 0.495 e. The highest BCUT2D eigenvalue weighted by atomic mass is 35.5. The summed E-state index contributed by atoms with van der Waals surface area (Å²) in [6.07, 6.45) is 1.41. The fourth-order valence-corrected chi connectivity index (χ4v) is 6.21. The topological polar surface area (TPSA) is 121 Å². The number of piperazine rings is 1. The lowest BCUT2D eigenvalue weighted by atomic mass is 10.2. The molecular formula is C29H31Cl2N7O4S. The van der Waals surface area contributed by atoms with Crippen LogP contribution >= 0.6 is 34.5 Å². The highest BCUT2D eigenvalue weighted by molar-refractivity contribution is 7.18. The number of hydrogen-bond donors (Lipinski definition) is 3. The van der Waals surface area contributed by atoms with E-state index in [0.29, 0.717) is 46.2 Å². The van der Waals surface area contributed by atoms with E-state index < -0.39 is 5.91 Å². The van der Waals surface area contributed by atoms with Crippen LogP contribution in [-0.2, 0) is 0 Å². The lowest BCUT2D eigenvalue weighted by molar-refractivity contribution is 0.102. The van der Waals surface area contributed by atoms with Gasteiger partial charge in [-0.15, -0.1) is 11.3 Å². The van der Waals surface area contributed by atoms with E-state index in [4.69, 9.17) is 32.7 Å². The molecule has 5 rings (SSSR count). The van der Waals surface area contributed by atoms with Gasteiger partial charge in [0.25, 0.3) is 5.91 Å². The highest BCUT2D eigenvalue weighted by Crippen LogP contribution is 2.44. The Morgan fingerprint density at radius 3 is 2.23 bits per heavy atom. The van der Waals surface area contributed by atoms with Crippen molar-refractivity contribution in [2.45, 2.75) is 19.9 Å². The number of nitrogens with one attached hydrogen (secondary N) is 3. The maximum absolute atomic E-state index is 13.3. The molecule has 11 nitrogen and oxygen atoms in total. The molecular weight excluding hydrogens is 613 g/mol. The molecule has 1 aliphatic heterocycles. The Morgan fingerprint density at radius 1 is 0.977 bits per heavy atom. The molecule has 2 aromatic heterocycles. The third kappa shape index (κ3) is 6.51. The standard InChI is InChI=1S/C29H31Cl2N7O4S/c1-16(2)34-29(40)38-11-9-37(10-12-38)18-7-5-17(6-8-18)35-27-26-24(32-15-33-27)19(14-43-26)28(39)36-25-22(30)20(41-3)13-21(42-4)23(25)31/h5-8,13-16H,9-12H2,1-4H3,(H,34,40)(H,36,39)(H,32,33,35). The number of hydrogen-bond acceptors (Lipinski definition) is 9. The van der Waals surface area contributed by atoms with Gasteiger partial charge in [-0.05, 0) is 38.1 Å². The molecule has 43 heavy (non-hydrogen) atoms. The Hall–Kier alpha value is -4.00. The number of carbonyl (C=O) groups excluding carboxylic acids is 2. The number of carbonyl (C=O) groups is 2. The Morgan fingerprint density at radius 2 is 1.63 bits per heavy atom. The first-order valence-electron chi connectivity index (χ1n) is 13.5. The van der Waals surface area contributed by atoms with Crippen molar-refractivity contribution in [3.63, 3.8) is 0 Å². The van der Waals surface area contributed by atoms with E-state index in [2.05, 4.69) is 30.8 Å². The van der Waals surface area contributed by atoms with Crippen LogP contribution < -0.4 is 30.3 Å². The molecule has 0 atom stereocenters. The van der Waals surface area contributed by atoms with Gasteiger partial charge in [-0.3, -0.25) is 4.79 Å². The predicted octanol–water partition coefficient (Wildman–Crippen LogP) is 6.25. The summed E-state index contributed by atoms with van der Waals surface area (Å²) in [4.78, 5) is 38.5. The molecule has 3 heterocycles. The number of anilines is 4. The van der Waals surface area contributed by atoms with Gasteiger partial charge in [-0.25, -0.2) is 14.8 Å². The molecule has 0 spiro atoms. The second-order valence-corrected chi connectivity index (χ2v) is 11.7. The first kappa shape index (κ1) is 30.5. The van der Waals surface area contributed by atoms with Gasteiger partial charge in [0.05, 0.1) is 35.7 Å². The molecule has 226 valence electrons. The summed E-state index contributed by atoms with van der Waals surface area (Å²) in [5.41, 5.74) is 2.91. The number of rotatable bonds is 8. The lowest BCUT2D eigenvalue weighted by Gasteiger charge is -2.36. The van der Waals surface area contributed by atoms with E-state index in [0.717, 1.165) is 24.5 Å².